The van der Waals surface area contributed by atoms with E-state index in [0.717, 1.165) is 0 Å². The first kappa shape index (κ1) is 12.9. The van der Waals surface area contributed by atoms with Crippen LogP contribution < -0.4 is 9.47 Å². The Morgan fingerprint density at radius 3 is 2.79 bits per heavy atom. The zero-order valence-electron chi connectivity index (χ0n) is 10.5. The number of hydrogen-bond donors (Lipinski definition) is 1. The summed E-state index contributed by atoms with van der Waals surface area (Å²) in [7, 11) is 3.08. The summed E-state index contributed by atoms with van der Waals surface area (Å²) in [6.45, 7) is 0. The molecule has 0 amide bonds. The number of carboxylic acids is 1. The van der Waals surface area contributed by atoms with E-state index in [9.17, 15) is 4.79 Å². The molecule has 0 unspecified atom stereocenters. The van der Waals surface area contributed by atoms with Crippen molar-refractivity contribution in [1.82, 2.24) is 5.16 Å². The predicted molar refractivity (Wildman–Crippen MR) is 66.4 cm³/mol. The molecule has 0 aliphatic carbocycles. The van der Waals surface area contributed by atoms with Crippen molar-refractivity contribution in [2.75, 3.05) is 14.2 Å². The van der Waals surface area contributed by atoms with E-state index in [0.29, 0.717) is 28.3 Å². The number of hydrogen-bond acceptors (Lipinski definition) is 5. The van der Waals surface area contributed by atoms with Crippen molar-refractivity contribution < 1.29 is 23.9 Å². The standard InChI is InChI=1S/C13H13NO5/c1-17-9-3-4-11(18-2)10(6-9)13-8(5-12(15)16)7-19-14-13/h3-4,6-7H,5H2,1-2H3,(H,15,16). The average Bonchev–Trinajstić information content (AvgIpc) is 2.85. The normalized spacial score (nSPS) is 10.2. The number of ether oxygens (including phenoxy) is 2. The van der Waals surface area contributed by atoms with E-state index in [1.54, 1.807) is 25.3 Å². The maximum Gasteiger partial charge on any atom is 0.308 e. The van der Waals surface area contributed by atoms with Gasteiger partial charge < -0.3 is 19.1 Å². The smallest absolute Gasteiger partial charge is 0.308 e. The van der Waals surface area contributed by atoms with E-state index in [4.69, 9.17) is 19.1 Å². The average molecular weight is 263 g/mol. The van der Waals surface area contributed by atoms with E-state index in [1.807, 2.05) is 0 Å². The summed E-state index contributed by atoms with van der Waals surface area (Å²) in [5, 5.41) is 12.7. The second-order valence-electron chi connectivity index (χ2n) is 3.83. The monoisotopic (exact) mass is 263 g/mol. The Kier molecular flexibility index (Phi) is 3.70. The molecule has 6 heteroatoms. The van der Waals surface area contributed by atoms with Crippen LogP contribution in [0.2, 0.25) is 0 Å². The maximum atomic E-state index is 10.8. The first-order chi connectivity index (χ1) is 9.15. The van der Waals surface area contributed by atoms with E-state index < -0.39 is 5.97 Å². The molecule has 1 N–H and O–H groups in total. The first-order valence-electron chi connectivity index (χ1n) is 5.53. The lowest BCUT2D eigenvalue weighted by atomic mass is 10.0. The van der Waals surface area contributed by atoms with Crippen LogP contribution in [0, 0.1) is 0 Å². The number of carboxylic acid groups (broad SMARTS) is 1. The second kappa shape index (κ2) is 5.43. The van der Waals surface area contributed by atoms with Crippen molar-refractivity contribution in [3.05, 3.63) is 30.0 Å². The first-order valence-corrected chi connectivity index (χ1v) is 5.53. The fourth-order valence-corrected chi connectivity index (χ4v) is 1.77. The predicted octanol–water partition coefficient (Wildman–Crippen LogP) is 1.99. The Morgan fingerprint density at radius 2 is 2.16 bits per heavy atom. The van der Waals surface area contributed by atoms with Gasteiger partial charge in [-0.15, -0.1) is 0 Å². The Bertz CT molecular complexity index is 590. The molecule has 2 aromatic rings. The number of benzene rings is 1. The van der Waals surface area contributed by atoms with Crippen LogP contribution in [0.4, 0.5) is 0 Å². The molecule has 1 aromatic carbocycles. The molecule has 0 spiro atoms. The van der Waals surface area contributed by atoms with Crippen LogP contribution in [0.15, 0.2) is 29.0 Å². The van der Waals surface area contributed by atoms with Gasteiger partial charge >= 0.3 is 5.97 Å². The lowest BCUT2D eigenvalue weighted by Crippen LogP contribution is -2.01. The van der Waals surface area contributed by atoms with Gasteiger partial charge in [-0.2, -0.15) is 0 Å². The third-order valence-electron chi connectivity index (χ3n) is 2.65. The Balaban J connectivity index is 2.51. The lowest BCUT2D eigenvalue weighted by molar-refractivity contribution is -0.136. The molecular weight excluding hydrogens is 250 g/mol. The van der Waals surface area contributed by atoms with Gasteiger partial charge in [-0.1, -0.05) is 5.16 Å². The molecule has 100 valence electrons. The summed E-state index contributed by atoms with van der Waals surface area (Å²) < 4.78 is 15.3. The zero-order valence-corrected chi connectivity index (χ0v) is 10.5. The van der Waals surface area contributed by atoms with Crippen LogP contribution in [-0.4, -0.2) is 30.5 Å². The third kappa shape index (κ3) is 2.67. The van der Waals surface area contributed by atoms with Gasteiger partial charge in [-0.05, 0) is 18.2 Å². The van der Waals surface area contributed by atoms with E-state index in [-0.39, 0.29) is 6.42 Å². The Labute approximate surface area is 109 Å². The molecule has 0 aliphatic heterocycles. The van der Waals surface area contributed by atoms with Gasteiger partial charge in [0.1, 0.15) is 23.5 Å². The second-order valence-corrected chi connectivity index (χ2v) is 3.83. The number of methoxy groups -OCH3 is 2. The van der Waals surface area contributed by atoms with Gasteiger partial charge in [0.25, 0.3) is 0 Å². The number of aromatic nitrogens is 1. The molecular formula is C13H13NO5. The van der Waals surface area contributed by atoms with Crippen molar-refractivity contribution in [1.29, 1.82) is 0 Å². The molecule has 0 fully saturated rings. The van der Waals surface area contributed by atoms with Gasteiger partial charge in [0.05, 0.1) is 20.6 Å². The number of carbonyl (C=O) groups is 1. The summed E-state index contributed by atoms with van der Waals surface area (Å²) in [6, 6.07) is 5.20. The minimum absolute atomic E-state index is 0.167. The van der Waals surface area contributed by atoms with Gasteiger partial charge in [0.15, 0.2) is 0 Å². The summed E-state index contributed by atoms with van der Waals surface area (Å²) in [4.78, 5) is 10.8. The quantitative estimate of drug-likeness (QED) is 0.888. The summed E-state index contributed by atoms with van der Waals surface area (Å²) in [5.41, 5.74) is 1.56. The molecule has 0 bridgehead atoms. The van der Waals surface area contributed by atoms with Crippen LogP contribution in [0.25, 0.3) is 11.3 Å². The highest BCUT2D eigenvalue weighted by molar-refractivity contribution is 5.77. The minimum Gasteiger partial charge on any atom is -0.497 e. The van der Waals surface area contributed by atoms with Crippen molar-refractivity contribution >= 4 is 5.97 Å². The topological polar surface area (TPSA) is 81.8 Å². The zero-order chi connectivity index (χ0) is 13.8. The molecule has 2 rings (SSSR count). The number of nitrogens with zero attached hydrogens (tertiary/aromatic N) is 1. The summed E-state index contributed by atoms with van der Waals surface area (Å²) in [6.07, 6.45) is 1.15. The van der Waals surface area contributed by atoms with Crippen LogP contribution in [-0.2, 0) is 11.2 Å². The SMILES string of the molecule is COc1ccc(OC)c(-c2nocc2CC(=O)O)c1. The molecule has 1 aromatic heterocycles. The summed E-state index contributed by atoms with van der Waals surface area (Å²) >= 11 is 0. The molecule has 0 saturated carbocycles. The highest BCUT2D eigenvalue weighted by atomic mass is 16.5. The highest BCUT2D eigenvalue weighted by Gasteiger charge is 2.17. The van der Waals surface area contributed by atoms with Crippen LogP contribution >= 0.6 is 0 Å². The van der Waals surface area contributed by atoms with Crippen LogP contribution in [0.3, 0.4) is 0 Å². The van der Waals surface area contributed by atoms with Gasteiger partial charge in [0, 0.05) is 11.1 Å². The minimum atomic E-state index is -0.952. The molecule has 19 heavy (non-hydrogen) atoms. The molecule has 1 heterocycles. The molecule has 0 saturated heterocycles. The largest absolute Gasteiger partial charge is 0.497 e. The van der Waals surface area contributed by atoms with Gasteiger partial charge in [-0.3, -0.25) is 4.79 Å². The van der Waals surface area contributed by atoms with E-state index in [1.165, 1.54) is 13.4 Å². The molecule has 0 atom stereocenters. The Hall–Kier alpha value is -2.50. The van der Waals surface area contributed by atoms with Gasteiger partial charge in [-0.25, -0.2) is 0 Å². The highest BCUT2D eigenvalue weighted by Crippen LogP contribution is 2.34. The van der Waals surface area contributed by atoms with E-state index >= 15 is 0 Å². The van der Waals surface area contributed by atoms with Gasteiger partial charge in [0.2, 0.25) is 0 Å². The molecule has 0 aliphatic rings. The summed E-state index contributed by atoms with van der Waals surface area (Å²) in [5.74, 6) is 0.243. The van der Waals surface area contributed by atoms with Crippen molar-refractivity contribution in [3.8, 4) is 22.8 Å². The van der Waals surface area contributed by atoms with Crippen LogP contribution in [0.5, 0.6) is 11.5 Å². The molecule has 0 radical (unpaired) electrons. The van der Waals surface area contributed by atoms with Crippen molar-refractivity contribution in [2.45, 2.75) is 6.42 Å². The maximum absolute atomic E-state index is 10.8. The number of aliphatic carboxylic acids is 1. The van der Waals surface area contributed by atoms with E-state index in [2.05, 4.69) is 5.16 Å². The van der Waals surface area contributed by atoms with Crippen molar-refractivity contribution in [2.24, 2.45) is 0 Å². The number of rotatable bonds is 5. The third-order valence-corrected chi connectivity index (χ3v) is 2.65. The fraction of sp³-hybridized carbons (Fsp3) is 0.231. The fourth-order valence-electron chi connectivity index (χ4n) is 1.77. The van der Waals surface area contributed by atoms with Crippen LogP contribution in [0.1, 0.15) is 5.56 Å². The Morgan fingerprint density at radius 1 is 1.37 bits per heavy atom. The lowest BCUT2D eigenvalue weighted by Gasteiger charge is -2.09. The van der Waals surface area contributed by atoms with Crippen molar-refractivity contribution in [3.63, 3.8) is 0 Å². The molecule has 6 nitrogen and oxygen atoms in total.